The van der Waals surface area contributed by atoms with E-state index >= 15 is 0 Å². The largest absolute Gasteiger partial charge is 0.387 e. The van der Waals surface area contributed by atoms with Crippen molar-refractivity contribution < 1.29 is 9.85 Å². The first-order valence-corrected chi connectivity index (χ1v) is 3.69. The van der Waals surface area contributed by atoms with Crippen molar-refractivity contribution in [1.82, 2.24) is 0 Å². The summed E-state index contributed by atoms with van der Waals surface area (Å²) in [6.07, 6.45) is 0. The van der Waals surface area contributed by atoms with E-state index in [-0.39, 0.29) is 5.02 Å². The summed E-state index contributed by atoms with van der Waals surface area (Å²) in [6, 6.07) is 1.92. The zero-order chi connectivity index (χ0) is 10.9. The Hall–Kier alpha value is -1.89. The van der Waals surface area contributed by atoms with Crippen LogP contribution in [0.15, 0.2) is 12.1 Å². The molecule has 74 valence electrons. The highest BCUT2D eigenvalue weighted by Gasteiger charge is 2.23. The topological polar surface area (TPSA) is 112 Å². The molecule has 0 bridgehead atoms. The zero-order valence-corrected chi connectivity index (χ0v) is 7.39. The molecule has 0 atom stereocenters. The average Bonchev–Trinajstić information content (AvgIpc) is 2.07. The van der Waals surface area contributed by atoms with Crippen LogP contribution in [-0.4, -0.2) is 9.85 Å². The molecule has 7 nitrogen and oxygen atoms in total. The standard InChI is InChI=1S/C6H4ClN3O4/c7-3-1-4(9(11)12)6(8)5(2-3)10(13)14/h1-2H,8H2. The maximum absolute atomic E-state index is 10.4. The number of halogens is 1. The molecule has 0 fully saturated rings. The molecule has 1 aromatic carbocycles. The van der Waals surface area contributed by atoms with E-state index in [2.05, 4.69) is 0 Å². The van der Waals surface area contributed by atoms with Crippen LogP contribution in [0.4, 0.5) is 17.1 Å². The zero-order valence-electron chi connectivity index (χ0n) is 6.64. The summed E-state index contributed by atoms with van der Waals surface area (Å²) < 4.78 is 0. The highest BCUT2D eigenvalue weighted by Crippen LogP contribution is 2.34. The second-order valence-corrected chi connectivity index (χ2v) is 2.81. The van der Waals surface area contributed by atoms with Gasteiger partial charge >= 0.3 is 11.4 Å². The fourth-order valence-electron chi connectivity index (χ4n) is 0.892. The predicted octanol–water partition coefficient (Wildman–Crippen LogP) is 1.74. The van der Waals surface area contributed by atoms with Crippen molar-refractivity contribution in [2.75, 3.05) is 5.73 Å². The molecule has 0 aliphatic heterocycles. The van der Waals surface area contributed by atoms with Crippen molar-refractivity contribution in [3.8, 4) is 0 Å². The minimum atomic E-state index is -0.825. The average molecular weight is 218 g/mol. The van der Waals surface area contributed by atoms with Crippen LogP contribution in [0.5, 0.6) is 0 Å². The van der Waals surface area contributed by atoms with E-state index in [4.69, 9.17) is 17.3 Å². The molecule has 14 heavy (non-hydrogen) atoms. The molecular weight excluding hydrogens is 214 g/mol. The highest BCUT2D eigenvalue weighted by molar-refractivity contribution is 6.31. The SMILES string of the molecule is Nc1c([N+](=O)[O-])cc(Cl)cc1[N+](=O)[O-]. The van der Waals surface area contributed by atoms with Gasteiger partial charge < -0.3 is 5.73 Å². The maximum Gasteiger partial charge on any atom is 0.300 e. The van der Waals surface area contributed by atoms with Gasteiger partial charge in [0, 0.05) is 12.1 Å². The Balaban J connectivity index is 3.47. The van der Waals surface area contributed by atoms with Crippen LogP contribution in [0.3, 0.4) is 0 Å². The Morgan fingerprint density at radius 2 is 1.50 bits per heavy atom. The van der Waals surface area contributed by atoms with Gasteiger partial charge in [-0.15, -0.1) is 0 Å². The lowest BCUT2D eigenvalue weighted by molar-refractivity contribution is -0.392. The van der Waals surface area contributed by atoms with Gasteiger partial charge in [-0.05, 0) is 0 Å². The fraction of sp³-hybridized carbons (Fsp3) is 0. The molecule has 1 rings (SSSR count). The van der Waals surface area contributed by atoms with Gasteiger partial charge in [-0.2, -0.15) is 0 Å². The molecule has 0 aromatic heterocycles. The molecule has 2 N–H and O–H groups in total. The van der Waals surface area contributed by atoms with Crippen LogP contribution in [-0.2, 0) is 0 Å². The molecule has 0 heterocycles. The lowest BCUT2D eigenvalue weighted by atomic mass is 10.2. The summed E-state index contributed by atoms with van der Waals surface area (Å²) >= 11 is 5.45. The lowest BCUT2D eigenvalue weighted by Gasteiger charge is -1.99. The molecule has 0 spiro atoms. The fourth-order valence-corrected chi connectivity index (χ4v) is 1.10. The van der Waals surface area contributed by atoms with Gasteiger partial charge in [-0.25, -0.2) is 0 Å². The molecular formula is C6H4ClN3O4. The third-order valence-corrected chi connectivity index (χ3v) is 1.71. The first-order chi connectivity index (χ1) is 6.43. The Labute approximate surface area is 82.4 Å². The van der Waals surface area contributed by atoms with Crippen LogP contribution in [0.1, 0.15) is 0 Å². The number of rotatable bonds is 2. The van der Waals surface area contributed by atoms with Gasteiger partial charge in [0.1, 0.15) is 0 Å². The highest BCUT2D eigenvalue weighted by atomic mass is 35.5. The Morgan fingerprint density at radius 1 is 1.14 bits per heavy atom. The van der Waals surface area contributed by atoms with E-state index < -0.39 is 26.9 Å². The van der Waals surface area contributed by atoms with Gasteiger partial charge in [0.2, 0.25) is 0 Å². The van der Waals surface area contributed by atoms with E-state index in [1.807, 2.05) is 0 Å². The number of nitrogens with two attached hydrogens (primary N) is 1. The second kappa shape index (κ2) is 3.46. The van der Waals surface area contributed by atoms with Gasteiger partial charge in [-0.3, -0.25) is 20.2 Å². The Bertz CT molecular complexity index is 385. The number of nitro groups is 2. The minimum absolute atomic E-state index is 0.0994. The summed E-state index contributed by atoms with van der Waals surface area (Å²) in [5, 5.41) is 20.7. The summed E-state index contributed by atoms with van der Waals surface area (Å²) in [5.41, 5.74) is 3.59. The van der Waals surface area contributed by atoms with Crippen molar-refractivity contribution in [3.05, 3.63) is 37.4 Å². The lowest BCUT2D eigenvalue weighted by Crippen LogP contribution is -2.00. The van der Waals surface area contributed by atoms with Gasteiger partial charge in [-0.1, -0.05) is 11.6 Å². The molecule has 0 aliphatic carbocycles. The van der Waals surface area contributed by atoms with Crippen LogP contribution in [0.25, 0.3) is 0 Å². The van der Waals surface area contributed by atoms with Crippen molar-refractivity contribution in [3.63, 3.8) is 0 Å². The monoisotopic (exact) mass is 217 g/mol. The second-order valence-electron chi connectivity index (χ2n) is 2.37. The Morgan fingerprint density at radius 3 is 1.79 bits per heavy atom. The number of hydrogen-bond acceptors (Lipinski definition) is 5. The minimum Gasteiger partial charge on any atom is -0.387 e. The molecule has 0 unspecified atom stereocenters. The van der Waals surface area contributed by atoms with E-state index in [1.54, 1.807) is 0 Å². The van der Waals surface area contributed by atoms with E-state index in [0.717, 1.165) is 12.1 Å². The summed E-state index contributed by atoms with van der Waals surface area (Å²) in [7, 11) is 0. The van der Waals surface area contributed by atoms with Crippen LogP contribution >= 0.6 is 11.6 Å². The van der Waals surface area contributed by atoms with Crippen molar-refractivity contribution >= 4 is 28.7 Å². The smallest absolute Gasteiger partial charge is 0.300 e. The number of nitro benzene ring substituents is 2. The van der Waals surface area contributed by atoms with Gasteiger partial charge in [0.25, 0.3) is 0 Å². The van der Waals surface area contributed by atoms with E-state index in [1.165, 1.54) is 0 Å². The summed E-state index contributed by atoms with van der Waals surface area (Å²) in [6.45, 7) is 0. The molecule has 1 aromatic rings. The number of nitrogens with zero attached hydrogens (tertiary/aromatic N) is 2. The summed E-state index contributed by atoms with van der Waals surface area (Å²) in [4.78, 5) is 19.1. The molecule has 0 saturated carbocycles. The Kier molecular flexibility index (Phi) is 2.52. The first kappa shape index (κ1) is 10.2. The van der Waals surface area contributed by atoms with Gasteiger partial charge in [0.05, 0.1) is 14.9 Å². The van der Waals surface area contributed by atoms with E-state index in [0.29, 0.717) is 0 Å². The predicted molar refractivity (Wildman–Crippen MR) is 49.2 cm³/mol. The molecule has 0 aliphatic rings. The molecule has 8 heteroatoms. The van der Waals surface area contributed by atoms with Crippen LogP contribution in [0.2, 0.25) is 5.02 Å². The number of nitrogen functional groups attached to an aromatic ring is 1. The van der Waals surface area contributed by atoms with Crippen molar-refractivity contribution in [1.29, 1.82) is 0 Å². The third kappa shape index (κ3) is 1.72. The van der Waals surface area contributed by atoms with Crippen LogP contribution in [0, 0.1) is 20.2 Å². The van der Waals surface area contributed by atoms with E-state index in [9.17, 15) is 20.2 Å². The number of benzene rings is 1. The normalized spacial score (nSPS) is 9.79. The quantitative estimate of drug-likeness (QED) is 0.460. The third-order valence-electron chi connectivity index (χ3n) is 1.49. The molecule has 0 radical (unpaired) electrons. The summed E-state index contributed by atoms with van der Waals surface area (Å²) in [5.74, 6) is 0. The van der Waals surface area contributed by atoms with Gasteiger partial charge in [0.15, 0.2) is 5.69 Å². The van der Waals surface area contributed by atoms with Crippen molar-refractivity contribution in [2.45, 2.75) is 0 Å². The maximum atomic E-state index is 10.4. The van der Waals surface area contributed by atoms with Crippen LogP contribution < -0.4 is 5.73 Å². The first-order valence-electron chi connectivity index (χ1n) is 3.31. The number of anilines is 1. The molecule has 0 saturated heterocycles. The van der Waals surface area contributed by atoms with Crippen molar-refractivity contribution in [2.24, 2.45) is 0 Å². The molecule has 0 amide bonds. The number of hydrogen-bond donors (Lipinski definition) is 1.